The summed E-state index contributed by atoms with van der Waals surface area (Å²) in [7, 11) is 0. The summed E-state index contributed by atoms with van der Waals surface area (Å²) >= 11 is 5.73. The zero-order chi connectivity index (χ0) is 14.8. The predicted octanol–water partition coefficient (Wildman–Crippen LogP) is 5.83. The van der Waals surface area contributed by atoms with E-state index in [4.69, 9.17) is 11.6 Å². The fraction of sp³-hybridized carbons (Fsp3) is 0.125. The average molecular weight is 297 g/mol. The lowest BCUT2D eigenvalue weighted by atomic mass is 9.95. The quantitative estimate of drug-likeness (QED) is 0.611. The number of allylic oxidation sites excluding steroid dienone is 2. The highest BCUT2D eigenvalue weighted by atomic mass is 35.5. The van der Waals surface area contributed by atoms with Crippen LogP contribution >= 0.6 is 11.6 Å². The van der Waals surface area contributed by atoms with Gasteiger partial charge in [0.15, 0.2) is 0 Å². The van der Waals surface area contributed by atoms with Gasteiger partial charge in [-0.05, 0) is 35.8 Å². The Balaban J connectivity index is 2.62. The smallest absolute Gasteiger partial charge is 0.166 e. The Morgan fingerprint density at radius 2 is 1.40 bits per heavy atom. The molecule has 0 saturated heterocycles. The van der Waals surface area contributed by atoms with Gasteiger partial charge in [-0.1, -0.05) is 54.1 Å². The Hall–Kier alpha value is -1.74. The minimum atomic E-state index is -4.42. The van der Waals surface area contributed by atoms with Gasteiger partial charge in [0.1, 0.15) is 0 Å². The van der Waals surface area contributed by atoms with Crippen molar-refractivity contribution in [3.63, 3.8) is 0 Å². The maximum atomic E-state index is 13.4. The molecule has 2 aromatic carbocycles. The minimum absolute atomic E-state index is 0.114. The Kier molecular flexibility index (Phi) is 4.19. The van der Waals surface area contributed by atoms with Crippen LogP contribution in [0, 0.1) is 0 Å². The molecule has 0 amide bonds. The molecule has 0 aliphatic carbocycles. The summed E-state index contributed by atoms with van der Waals surface area (Å²) in [5.41, 5.74) is 0.221. The van der Waals surface area contributed by atoms with Crippen molar-refractivity contribution in [1.82, 2.24) is 0 Å². The maximum absolute atomic E-state index is 13.4. The van der Waals surface area contributed by atoms with Crippen LogP contribution in [0.3, 0.4) is 0 Å². The van der Waals surface area contributed by atoms with Gasteiger partial charge in [0.05, 0.1) is 5.57 Å². The van der Waals surface area contributed by atoms with Crippen molar-refractivity contribution in [2.75, 3.05) is 0 Å². The first kappa shape index (κ1) is 14.7. The molecule has 0 radical (unpaired) electrons. The number of hydrogen-bond donors (Lipinski definition) is 0. The molecule has 0 unspecified atom stereocenters. The van der Waals surface area contributed by atoms with Gasteiger partial charge in [0.2, 0.25) is 0 Å². The lowest BCUT2D eigenvalue weighted by Crippen LogP contribution is -2.12. The Labute approximate surface area is 120 Å². The van der Waals surface area contributed by atoms with E-state index in [9.17, 15) is 13.2 Å². The molecular weight excluding hydrogens is 285 g/mol. The summed E-state index contributed by atoms with van der Waals surface area (Å²) in [6.07, 6.45) is -4.42. The van der Waals surface area contributed by atoms with Crippen molar-refractivity contribution in [3.8, 4) is 0 Å². The summed E-state index contributed by atoms with van der Waals surface area (Å²) in [6, 6.07) is 14.2. The molecule has 4 heteroatoms. The van der Waals surface area contributed by atoms with Gasteiger partial charge in [-0.15, -0.1) is 0 Å². The molecule has 0 heterocycles. The normalized spacial score (nSPS) is 13.1. The van der Waals surface area contributed by atoms with E-state index >= 15 is 0 Å². The van der Waals surface area contributed by atoms with E-state index in [1.54, 1.807) is 30.3 Å². The van der Waals surface area contributed by atoms with Crippen molar-refractivity contribution in [2.24, 2.45) is 0 Å². The van der Waals surface area contributed by atoms with Crippen LogP contribution in [0.4, 0.5) is 13.2 Å². The maximum Gasteiger partial charge on any atom is 0.417 e. The number of halogens is 4. The molecular formula is C16H12ClF3. The van der Waals surface area contributed by atoms with E-state index in [0.717, 1.165) is 0 Å². The van der Waals surface area contributed by atoms with E-state index in [1.807, 2.05) is 0 Å². The first-order valence-corrected chi connectivity index (χ1v) is 6.37. The summed E-state index contributed by atoms with van der Waals surface area (Å²) in [6.45, 7) is 1.48. The molecule has 20 heavy (non-hydrogen) atoms. The predicted molar refractivity (Wildman–Crippen MR) is 76.4 cm³/mol. The number of benzene rings is 2. The van der Waals surface area contributed by atoms with E-state index in [1.165, 1.54) is 31.2 Å². The fourth-order valence-electron chi connectivity index (χ4n) is 2.04. The van der Waals surface area contributed by atoms with Crippen LogP contribution in [0.1, 0.15) is 18.1 Å². The van der Waals surface area contributed by atoms with Crippen molar-refractivity contribution >= 4 is 22.7 Å². The average Bonchev–Trinajstić information content (AvgIpc) is 2.41. The van der Waals surface area contributed by atoms with Crippen LogP contribution in [0.15, 0.2) is 54.6 Å². The SMILES string of the molecule is C/C(=C(\c1ccc(Cl)cc1)C(F)(F)F)c1ccccc1. The van der Waals surface area contributed by atoms with Gasteiger partial charge in [0.25, 0.3) is 0 Å². The molecule has 104 valence electrons. The first-order valence-electron chi connectivity index (χ1n) is 5.99. The minimum Gasteiger partial charge on any atom is -0.166 e. The lowest BCUT2D eigenvalue weighted by molar-refractivity contribution is -0.0685. The zero-order valence-electron chi connectivity index (χ0n) is 10.7. The van der Waals surface area contributed by atoms with E-state index in [0.29, 0.717) is 10.6 Å². The van der Waals surface area contributed by atoms with E-state index < -0.39 is 11.7 Å². The first-order chi connectivity index (χ1) is 9.39. The highest BCUT2D eigenvalue weighted by molar-refractivity contribution is 6.30. The molecule has 0 nitrogen and oxygen atoms in total. The summed E-state index contributed by atoms with van der Waals surface area (Å²) in [5.74, 6) is 0. The highest BCUT2D eigenvalue weighted by Crippen LogP contribution is 2.39. The summed E-state index contributed by atoms with van der Waals surface area (Å²) in [5, 5.41) is 0.410. The molecule has 0 bridgehead atoms. The van der Waals surface area contributed by atoms with Gasteiger partial charge in [-0.3, -0.25) is 0 Å². The topological polar surface area (TPSA) is 0 Å². The molecule has 0 spiro atoms. The van der Waals surface area contributed by atoms with E-state index in [-0.39, 0.29) is 11.1 Å². The summed E-state index contributed by atoms with van der Waals surface area (Å²) in [4.78, 5) is 0. The van der Waals surface area contributed by atoms with Crippen LogP contribution < -0.4 is 0 Å². The third kappa shape index (κ3) is 3.23. The third-order valence-electron chi connectivity index (χ3n) is 3.00. The molecule has 0 fully saturated rings. The number of hydrogen-bond acceptors (Lipinski definition) is 0. The summed E-state index contributed by atoms with van der Waals surface area (Å²) < 4.78 is 40.1. The second kappa shape index (κ2) is 5.71. The second-order valence-corrected chi connectivity index (χ2v) is 4.81. The van der Waals surface area contributed by atoms with Crippen LogP contribution in [-0.2, 0) is 0 Å². The second-order valence-electron chi connectivity index (χ2n) is 4.37. The third-order valence-corrected chi connectivity index (χ3v) is 3.25. The fourth-order valence-corrected chi connectivity index (χ4v) is 2.17. The van der Waals surface area contributed by atoms with Crippen LogP contribution in [0.5, 0.6) is 0 Å². The molecule has 0 N–H and O–H groups in total. The van der Waals surface area contributed by atoms with Gasteiger partial charge < -0.3 is 0 Å². The Bertz CT molecular complexity index is 610. The monoisotopic (exact) mass is 296 g/mol. The molecule has 2 aromatic rings. The molecule has 0 aliphatic rings. The van der Waals surface area contributed by atoms with Gasteiger partial charge in [0, 0.05) is 5.02 Å². The van der Waals surface area contributed by atoms with Crippen molar-refractivity contribution in [1.29, 1.82) is 0 Å². The lowest BCUT2D eigenvalue weighted by Gasteiger charge is -2.16. The largest absolute Gasteiger partial charge is 0.417 e. The van der Waals surface area contributed by atoms with Gasteiger partial charge in [-0.2, -0.15) is 13.2 Å². The zero-order valence-corrected chi connectivity index (χ0v) is 11.5. The van der Waals surface area contributed by atoms with Gasteiger partial charge in [-0.25, -0.2) is 0 Å². The van der Waals surface area contributed by atoms with Crippen molar-refractivity contribution in [3.05, 3.63) is 70.7 Å². The highest BCUT2D eigenvalue weighted by Gasteiger charge is 2.36. The number of rotatable bonds is 2. The van der Waals surface area contributed by atoms with Crippen molar-refractivity contribution < 1.29 is 13.2 Å². The van der Waals surface area contributed by atoms with Crippen LogP contribution in [0.25, 0.3) is 11.1 Å². The Morgan fingerprint density at radius 1 is 0.850 bits per heavy atom. The molecule has 0 atom stereocenters. The molecule has 0 saturated carbocycles. The van der Waals surface area contributed by atoms with Gasteiger partial charge >= 0.3 is 6.18 Å². The number of alkyl halides is 3. The van der Waals surface area contributed by atoms with Crippen LogP contribution in [0.2, 0.25) is 5.02 Å². The van der Waals surface area contributed by atoms with E-state index in [2.05, 4.69) is 0 Å². The van der Waals surface area contributed by atoms with Crippen LogP contribution in [-0.4, -0.2) is 6.18 Å². The standard InChI is InChI=1S/C16H12ClF3/c1-11(12-5-3-2-4-6-12)15(16(18,19)20)13-7-9-14(17)10-8-13/h2-10H,1H3/b15-11-. The molecule has 2 rings (SSSR count). The molecule has 0 aliphatic heterocycles. The molecule has 0 aromatic heterocycles. The Morgan fingerprint density at radius 3 is 1.90 bits per heavy atom. The van der Waals surface area contributed by atoms with Crippen molar-refractivity contribution in [2.45, 2.75) is 13.1 Å².